The van der Waals surface area contributed by atoms with Crippen LogP contribution >= 0.6 is 0 Å². The summed E-state index contributed by atoms with van der Waals surface area (Å²) >= 11 is 0. The molecule has 0 N–H and O–H groups in total. The number of hydrogen-bond acceptors (Lipinski definition) is 4. The van der Waals surface area contributed by atoms with E-state index in [0.29, 0.717) is 12.2 Å². The lowest BCUT2D eigenvalue weighted by Gasteiger charge is -2.17. The Morgan fingerprint density at radius 3 is 2.65 bits per heavy atom. The number of carbonyl (C=O) groups excluding carboxylic acids is 2. The summed E-state index contributed by atoms with van der Waals surface area (Å²) in [5, 5.41) is 0. The molecule has 0 atom stereocenters. The standard InChI is InChI=1S/C14H18FNO4/c1-4-20-13(17)7-8-16(2)14(18)10-5-6-11(15)12(9-10)19-3/h5-6,9H,4,7-8H2,1-3H3. The van der Waals surface area contributed by atoms with Gasteiger partial charge in [-0.15, -0.1) is 0 Å². The molecule has 0 radical (unpaired) electrons. The topological polar surface area (TPSA) is 55.8 Å². The monoisotopic (exact) mass is 283 g/mol. The number of methoxy groups -OCH3 is 1. The van der Waals surface area contributed by atoms with Crippen LogP contribution in [0, 0.1) is 5.82 Å². The molecule has 1 rings (SSSR count). The van der Waals surface area contributed by atoms with Gasteiger partial charge in [-0.2, -0.15) is 0 Å². The van der Waals surface area contributed by atoms with Gasteiger partial charge in [0.2, 0.25) is 0 Å². The molecule has 110 valence electrons. The Labute approximate surface area is 117 Å². The lowest BCUT2D eigenvalue weighted by molar-refractivity contribution is -0.143. The average Bonchev–Trinajstić information content (AvgIpc) is 2.44. The van der Waals surface area contributed by atoms with Gasteiger partial charge < -0.3 is 14.4 Å². The second kappa shape index (κ2) is 7.47. The van der Waals surface area contributed by atoms with Crippen molar-refractivity contribution in [1.29, 1.82) is 0 Å². The molecular weight excluding hydrogens is 265 g/mol. The maximum atomic E-state index is 13.3. The van der Waals surface area contributed by atoms with Crippen LogP contribution in [-0.4, -0.2) is 44.1 Å². The normalized spacial score (nSPS) is 10.0. The van der Waals surface area contributed by atoms with Crippen molar-refractivity contribution < 1.29 is 23.5 Å². The van der Waals surface area contributed by atoms with Crippen LogP contribution in [0.1, 0.15) is 23.7 Å². The molecule has 1 aromatic carbocycles. The Hall–Kier alpha value is -2.11. The summed E-state index contributed by atoms with van der Waals surface area (Å²) < 4.78 is 22.9. The first-order chi connectivity index (χ1) is 9.49. The van der Waals surface area contributed by atoms with Crippen molar-refractivity contribution in [1.82, 2.24) is 4.90 Å². The van der Waals surface area contributed by atoms with Crippen molar-refractivity contribution in [3.63, 3.8) is 0 Å². The summed E-state index contributed by atoms with van der Waals surface area (Å²) in [5.74, 6) is -1.19. The molecule has 0 unspecified atom stereocenters. The van der Waals surface area contributed by atoms with E-state index >= 15 is 0 Å². The molecule has 0 aliphatic carbocycles. The smallest absolute Gasteiger partial charge is 0.307 e. The van der Waals surface area contributed by atoms with Gasteiger partial charge in [0.25, 0.3) is 5.91 Å². The van der Waals surface area contributed by atoms with E-state index in [4.69, 9.17) is 9.47 Å². The highest BCUT2D eigenvalue weighted by molar-refractivity contribution is 5.94. The third-order valence-electron chi connectivity index (χ3n) is 2.70. The second-order valence-electron chi connectivity index (χ2n) is 4.13. The van der Waals surface area contributed by atoms with Crippen LogP contribution in [0.2, 0.25) is 0 Å². The molecular formula is C14H18FNO4. The summed E-state index contributed by atoms with van der Waals surface area (Å²) in [7, 11) is 2.90. The van der Waals surface area contributed by atoms with Crippen LogP contribution in [0.3, 0.4) is 0 Å². The van der Waals surface area contributed by atoms with Gasteiger partial charge in [0, 0.05) is 19.2 Å². The van der Waals surface area contributed by atoms with E-state index in [2.05, 4.69) is 0 Å². The second-order valence-corrected chi connectivity index (χ2v) is 4.13. The van der Waals surface area contributed by atoms with Crippen molar-refractivity contribution in [3.05, 3.63) is 29.6 Å². The number of rotatable bonds is 6. The Morgan fingerprint density at radius 2 is 2.05 bits per heavy atom. The zero-order chi connectivity index (χ0) is 15.1. The summed E-state index contributed by atoms with van der Waals surface area (Å²) in [5.41, 5.74) is 0.301. The SMILES string of the molecule is CCOC(=O)CCN(C)C(=O)c1ccc(F)c(OC)c1. The highest BCUT2D eigenvalue weighted by Crippen LogP contribution is 2.19. The highest BCUT2D eigenvalue weighted by atomic mass is 19.1. The van der Waals surface area contributed by atoms with Crippen LogP contribution in [0.15, 0.2) is 18.2 Å². The quantitative estimate of drug-likeness (QED) is 0.748. The first kappa shape index (κ1) is 15.9. The zero-order valence-corrected chi connectivity index (χ0v) is 11.8. The third kappa shape index (κ3) is 4.22. The van der Waals surface area contributed by atoms with Crippen molar-refractivity contribution >= 4 is 11.9 Å². The lowest BCUT2D eigenvalue weighted by atomic mass is 10.2. The zero-order valence-electron chi connectivity index (χ0n) is 11.8. The van der Waals surface area contributed by atoms with Gasteiger partial charge in [0.15, 0.2) is 11.6 Å². The Bertz CT molecular complexity index is 490. The molecule has 0 aliphatic rings. The number of nitrogens with zero attached hydrogens (tertiary/aromatic N) is 1. The third-order valence-corrected chi connectivity index (χ3v) is 2.70. The fourth-order valence-electron chi connectivity index (χ4n) is 1.61. The molecule has 0 fully saturated rings. The number of ether oxygens (including phenoxy) is 2. The fourth-order valence-corrected chi connectivity index (χ4v) is 1.61. The van der Waals surface area contributed by atoms with E-state index in [1.165, 1.54) is 30.2 Å². The van der Waals surface area contributed by atoms with Crippen molar-refractivity contribution in [2.24, 2.45) is 0 Å². The molecule has 5 nitrogen and oxygen atoms in total. The van der Waals surface area contributed by atoms with Crippen LogP contribution in [0.25, 0.3) is 0 Å². The van der Waals surface area contributed by atoms with Crippen molar-refractivity contribution in [2.75, 3.05) is 27.3 Å². The van der Waals surface area contributed by atoms with Crippen molar-refractivity contribution in [3.8, 4) is 5.75 Å². The van der Waals surface area contributed by atoms with E-state index < -0.39 is 5.82 Å². The molecule has 0 saturated carbocycles. The van der Waals surface area contributed by atoms with Gasteiger partial charge in [-0.25, -0.2) is 4.39 Å². The van der Waals surface area contributed by atoms with Crippen LogP contribution in [-0.2, 0) is 9.53 Å². The van der Waals surface area contributed by atoms with Crippen LogP contribution in [0.5, 0.6) is 5.75 Å². The molecule has 0 aromatic heterocycles. The van der Waals surface area contributed by atoms with Gasteiger partial charge in [0.05, 0.1) is 20.1 Å². The molecule has 0 aliphatic heterocycles. The molecule has 0 bridgehead atoms. The van der Waals surface area contributed by atoms with Gasteiger partial charge in [-0.3, -0.25) is 9.59 Å². The largest absolute Gasteiger partial charge is 0.494 e. The van der Waals surface area contributed by atoms with Crippen LogP contribution < -0.4 is 4.74 Å². The van der Waals surface area contributed by atoms with Crippen LogP contribution in [0.4, 0.5) is 4.39 Å². The number of amides is 1. The lowest BCUT2D eigenvalue weighted by Crippen LogP contribution is -2.29. The predicted molar refractivity (Wildman–Crippen MR) is 71.2 cm³/mol. The molecule has 6 heteroatoms. The van der Waals surface area contributed by atoms with E-state index in [1.807, 2.05) is 0 Å². The van der Waals surface area contributed by atoms with E-state index in [-0.39, 0.29) is 30.6 Å². The minimum atomic E-state index is -0.529. The summed E-state index contributed by atoms with van der Waals surface area (Å²) in [4.78, 5) is 24.7. The van der Waals surface area contributed by atoms with Gasteiger partial charge in [0.1, 0.15) is 0 Å². The Kier molecular flexibility index (Phi) is 5.96. The first-order valence-electron chi connectivity index (χ1n) is 6.24. The number of halogens is 1. The number of esters is 1. The Balaban J connectivity index is 2.67. The summed E-state index contributed by atoms with van der Waals surface area (Å²) in [6.07, 6.45) is 0.119. The summed E-state index contributed by atoms with van der Waals surface area (Å²) in [6, 6.07) is 3.88. The molecule has 0 saturated heterocycles. The molecule has 0 heterocycles. The van der Waals surface area contributed by atoms with E-state index in [9.17, 15) is 14.0 Å². The van der Waals surface area contributed by atoms with E-state index in [1.54, 1.807) is 14.0 Å². The highest BCUT2D eigenvalue weighted by Gasteiger charge is 2.15. The van der Waals surface area contributed by atoms with Gasteiger partial charge >= 0.3 is 5.97 Å². The average molecular weight is 283 g/mol. The minimum Gasteiger partial charge on any atom is -0.494 e. The number of hydrogen-bond donors (Lipinski definition) is 0. The van der Waals surface area contributed by atoms with E-state index in [0.717, 1.165) is 0 Å². The molecule has 20 heavy (non-hydrogen) atoms. The number of carbonyl (C=O) groups is 2. The summed E-state index contributed by atoms with van der Waals surface area (Å²) in [6.45, 7) is 2.26. The predicted octanol–water partition coefficient (Wildman–Crippen LogP) is 1.86. The maximum absolute atomic E-state index is 13.3. The molecule has 1 amide bonds. The Morgan fingerprint density at radius 1 is 1.35 bits per heavy atom. The maximum Gasteiger partial charge on any atom is 0.307 e. The minimum absolute atomic E-state index is 0.00893. The van der Waals surface area contributed by atoms with Gasteiger partial charge in [-0.1, -0.05) is 0 Å². The molecule has 1 aromatic rings. The first-order valence-corrected chi connectivity index (χ1v) is 6.24. The number of benzene rings is 1. The fraction of sp³-hybridized carbons (Fsp3) is 0.429. The van der Waals surface area contributed by atoms with Crippen molar-refractivity contribution in [2.45, 2.75) is 13.3 Å². The van der Waals surface area contributed by atoms with Gasteiger partial charge in [-0.05, 0) is 25.1 Å². The molecule has 0 spiro atoms.